The lowest BCUT2D eigenvalue weighted by atomic mass is 10.1. The summed E-state index contributed by atoms with van der Waals surface area (Å²) in [6.45, 7) is 6.11. The summed E-state index contributed by atoms with van der Waals surface area (Å²) < 4.78 is 0. The third kappa shape index (κ3) is 3.86. The van der Waals surface area contributed by atoms with Crippen molar-refractivity contribution in [1.82, 2.24) is 14.7 Å². The van der Waals surface area contributed by atoms with Crippen molar-refractivity contribution >= 4 is 11.8 Å². The van der Waals surface area contributed by atoms with Crippen LogP contribution in [0, 0.1) is 5.92 Å². The number of piperazine rings is 1. The van der Waals surface area contributed by atoms with Crippen LogP contribution in [-0.2, 0) is 9.59 Å². The third-order valence-corrected chi connectivity index (χ3v) is 5.48. The highest BCUT2D eigenvalue weighted by atomic mass is 16.3. The molecule has 0 spiro atoms. The van der Waals surface area contributed by atoms with Crippen molar-refractivity contribution in [2.45, 2.75) is 51.2 Å². The molecule has 2 aliphatic heterocycles. The number of likely N-dealkylation sites (tertiary alicyclic amines) is 1. The van der Waals surface area contributed by atoms with Crippen LogP contribution in [0.2, 0.25) is 0 Å². The van der Waals surface area contributed by atoms with Crippen molar-refractivity contribution in [1.29, 1.82) is 0 Å². The maximum absolute atomic E-state index is 12.7. The number of carbonyl (C=O) groups excluding carboxylic acids is 2. The van der Waals surface area contributed by atoms with Gasteiger partial charge in [0.2, 0.25) is 11.8 Å². The number of β-amino-alcohol motifs (C(OH)–C–C–N with tert-alkyl or cyclic N) is 1. The smallest absolute Gasteiger partial charge is 0.228 e. The molecule has 2 heterocycles. The van der Waals surface area contributed by atoms with E-state index >= 15 is 0 Å². The minimum atomic E-state index is -0.329. The largest absolute Gasteiger partial charge is 0.392 e. The zero-order chi connectivity index (χ0) is 16.4. The van der Waals surface area contributed by atoms with E-state index in [0.29, 0.717) is 38.6 Å². The summed E-state index contributed by atoms with van der Waals surface area (Å²) in [7, 11) is 0. The fourth-order valence-corrected chi connectivity index (χ4v) is 4.25. The molecule has 0 aromatic carbocycles. The molecule has 0 radical (unpaired) electrons. The highest BCUT2D eigenvalue weighted by molar-refractivity contribution is 5.89. The van der Waals surface area contributed by atoms with E-state index in [0.717, 1.165) is 25.9 Å². The van der Waals surface area contributed by atoms with Crippen LogP contribution < -0.4 is 0 Å². The minimum Gasteiger partial charge on any atom is -0.392 e. The molecule has 0 unspecified atom stereocenters. The molecular weight excluding hydrogens is 294 g/mol. The van der Waals surface area contributed by atoms with E-state index < -0.39 is 0 Å². The Hall–Kier alpha value is -1.14. The lowest BCUT2D eigenvalue weighted by molar-refractivity contribution is -0.137. The van der Waals surface area contributed by atoms with Crippen molar-refractivity contribution in [2.24, 2.45) is 5.92 Å². The highest BCUT2D eigenvalue weighted by Gasteiger charge is 2.40. The molecule has 23 heavy (non-hydrogen) atoms. The fraction of sp³-hybridized carbons (Fsp3) is 0.882. The third-order valence-electron chi connectivity index (χ3n) is 5.48. The second-order valence-electron chi connectivity index (χ2n) is 7.36. The quantitative estimate of drug-likeness (QED) is 0.808. The van der Waals surface area contributed by atoms with Crippen molar-refractivity contribution in [2.75, 3.05) is 39.3 Å². The number of carbonyl (C=O) groups is 2. The molecule has 2 amide bonds. The van der Waals surface area contributed by atoms with Crippen LogP contribution in [0.4, 0.5) is 0 Å². The standard InChI is InChI=1S/C17H29N3O3/c1-13(21)11-18-6-8-19(9-7-18)17(23)14-10-16(22)20(12-14)15-4-2-3-5-15/h13-15,21H,2-12H2,1H3/t13-,14-/m0/s1. The Labute approximate surface area is 138 Å². The lowest BCUT2D eigenvalue weighted by Gasteiger charge is -2.36. The summed E-state index contributed by atoms with van der Waals surface area (Å²) in [6.07, 6.45) is 4.68. The van der Waals surface area contributed by atoms with Crippen LogP contribution in [0.3, 0.4) is 0 Å². The van der Waals surface area contributed by atoms with Gasteiger partial charge < -0.3 is 14.9 Å². The second kappa shape index (κ2) is 7.18. The van der Waals surface area contributed by atoms with Crippen molar-refractivity contribution in [3.05, 3.63) is 0 Å². The van der Waals surface area contributed by atoms with Gasteiger partial charge in [0.1, 0.15) is 0 Å². The van der Waals surface area contributed by atoms with Gasteiger partial charge in [0.25, 0.3) is 0 Å². The number of aliphatic hydroxyl groups excluding tert-OH is 1. The van der Waals surface area contributed by atoms with Gasteiger partial charge in [0.05, 0.1) is 12.0 Å². The summed E-state index contributed by atoms with van der Waals surface area (Å²) in [5.41, 5.74) is 0. The van der Waals surface area contributed by atoms with Crippen molar-refractivity contribution in [3.63, 3.8) is 0 Å². The summed E-state index contributed by atoms with van der Waals surface area (Å²) in [4.78, 5) is 31.0. The maximum atomic E-state index is 12.7. The van der Waals surface area contributed by atoms with Gasteiger partial charge in [-0.2, -0.15) is 0 Å². The Bertz CT molecular complexity index is 440. The van der Waals surface area contributed by atoms with Crippen LogP contribution in [0.15, 0.2) is 0 Å². The molecule has 1 aliphatic carbocycles. The summed E-state index contributed by atoms with van der Waals surface area (Å²) in [5, 5.41) is 9.45. The fourth-order valence-electron chi connectivity index (χ4n) is 4.25. The molecule has 0 aromatic rings. The van der Waals surface area contributed by atoms with E-state index in [-0.39, 0.29) is 23.8 Å². The van der Waals surface area contributed by atoms with Gasteiger partial charge in [-0.15, -0.1) is 0 Å². The number of rotatable bonds is 4. The maximum Gasteiger partial charge on any atom is 0.228 e. The van der Waals surface area contributed by atoms with E-state index in [4.69, 9.17) is 0 Å². The van der Waals surface area contributed by atoms with Gasteiger partial charge in [0.15, 0.2) is 0 Å². The molecule has 3 rings (SSSR count). The molecule has 1 saturated carbocycles. The number of aliphatic hydroxyl groups is 1. The topological polar surface area (TPSA) is 64.1 Å². The number of nitrogens with zero attached hydrogens (tertiary/aromatic N) is 3. The van der Waals surface area contributed by atoms with Crippen LogP contribution in [0.5, 0.6) is 0 Å². The van der Waals surface area contributed by atoms with Crippen LogP contribution in [0.1, 0.15) is 39.0 Å². The Balaban J connectivity index is 1.50. The summed E-state index contributed by atoms with van der Waals surface area (Å²) in [6, 6.07) is 0.378. The predicted molar refractivity (Wildman–Crippen MR) is 86.8 cm³/mol. The van der Waals surface area contributed by atoms with E-state index in [1.165, 1.54) is 12.8 Å². The average molecular weight is 323 g/mol. The molecule has 2 atom stereocenters. The molecule has 3 aliphatic rings. The molecule has 3 fully saturated rings. The van der Waals surface area contributed by atoms with Crippen molar-refractivity contribution < 1.29 is 14.7 Å². The molecular formula is C17H29N3O3. The van der Waals surface area contributed by atoms with Crippen LogP contribution >= 0.6 is 0 Å². The summed E-state index contributed by atoms with van der Waals surface area (Å²) in [5.74, 6) is 0.171. The molecule has 130 valence electrons. The van der Waals surface area contributed by atoms with Crippen molar-refractivity contribution in [3.8, 4) is 0 Å². The van der Waals surface area contributed by atoms with Gasteiger partial charge in [0, 0.05) is 51.7 Å². The highest BCUT2D eigenvalue weighted by Crippen LogP contribution is 2.30. The molecule has 2 saturated heterocycles. The summed E-state index contributed by atoms with van der Waals surface area (Å²) >= 11 is 0. The monoisotopic (exact) mass is 323 g/mol. The van der Waals surface area contributed by atoms with E-state index in [1.54, 1.807) is 6.92 Å². The SMILES string of the molecule is C[C@H](O)CN1CCN(C(=O)[C@H]2CC(=O)N(C3CCCC3)C2)CC1. The Morgan fingerprint density at radius 1 is 1.22 bits per heavy atom. The normalized spacial score (nSPS) is 28.6. The van der Waals surface area contributed by atoms with Gasteiger partial charge in [-0.3, -0.25) is 14.5 Å². The van der Waals surface area contributed by atoms with Crippen LogP contribution in [-0.4, -0.2) is 83.0 Å². The Morgan fingerprint density at radius 2 is 1.87 bits per heavy atom. The second-order valence-corrected chi connectivity index (χ2v) is 7.36. The van der Waals surface area contributed by atoms with Crippen LogP contribution in [0.25, 0.3) is 0 Å². The van der Waals surface area contributed by atoms with Gasteiger partial charge in [-0.25, -0.2) is 0 Å². The molecule has 6 nitrogen and oxygen atoms in total. The van der Waals surface area contributed by atoms with Gasteiger partial charge in [-0.1, -0.05) is 12.8 Å². The van der Waals surface area contributed by atoms with Gasteiger partial charge >= 0.3 is 0 Å². The Morgan fingerprint density at radius 3 is 2.48 bits per heavy atom. The van der Waals surface area contributed by atoms with Gasteiger partial charge in [-0.05, 0) is 19.8 Å². The molecule has 0 aromatic heterocycles. The zero-order valence-electron chi connectivity index (χ0n) is 14.1. The van der Waals surface area contributed by atoms with E-state index in [2.05, 4.69) is 4.90 Å². The first kappa shape index (κ1) is 16.7. The molecule has 0 bridgehead atoms. The first-order valence-electron chi connectivity index (χ1n) is 9.03. The number of hydrogen-bond donors (Lipinski definition) is 1. The first-order valence-corrected chi connectivity index (χ1v) is 9.03. The lowest BCUT2D eigenvalue weighted by Crippen LogP contribution is -2.51. The number of hydrogen-bond acceptors (Lipinski definition) is 4. The zero-order valence-corrected chi connectivity index (χ0v) is 14.1. The minimum absolute atomic E-state index is 0.147. The van der Waals surface area contributed by atoms with E-state index in [9.17, 15) is 14.7 Å². The average Bonchev–Trinajstić information content (AvgIpc) is 3.16. The number of amides is 2. The Kier molecular flexibility index (Phi) is 5.21. The molecule has 6 heteroatoms. The van der Waals surface area contributed by atoms with E-state index in [1.807, 2.05) is 9.80 Å². The first-order chi connectivity index (χ1) is 11.0. The molecule has 1 N–H and O–H groups in total. The predicted octanol–water partition coefficient (Wildman–Crippen LogP) is 0.303.